The molecule has 4 heteroatoms. The number of rotatable bonds is 7. The van der Waals surface area contributed by atoms with Crippen LogP contribution in [0.4, 0.5) is 0 Å². The topological polar surface area (TPSA) is 57.6 Å². The molecule has 0 aliphatic carbocycles. The van der Waals surface area contributed by atoms with Crippen molar-refractivity contribution in [2.24, 2.45) is 11.3 Å². The van der Waals surface area contributed by atoms with Crippen molar-refractivity contribution in [1.29, 1.82) is 0 Å². The van der Waals surface area contributed by atoms with Crippen LogP contribution in [0.5, 0.6) is 0 Å². The molecule has 0 heterocycles. The number of hydrogen-bond acceptors (Lipinski definition) is 2. The highest BCUT2D eigenvalue weighted by atomic mass is 16.4. The van der Waals surface area contributed by atoms with Gasteiger partial charge in [-0.15, -0.1) is 0 Å². The standard InChI is InChI=1S/C13H25NO3/c1-6-10(11(15)16)9-13(4,5)12(17)14(7-2)8-3/h10H,6-9H2,1-5H3,(H,15,16). The number of carboxylic acids is 1. The van der Waals surface area contributed by atoms with Crippen molar-refractivity contribution in [2.45, 2.75) is 47.5 Å². The van der Waals surface area contributed by atoms with E-state index in [2.05, 4.69) is 0 Å². The Hall–Kier alpha value is -1.06. The van der Waals surface area contributed by atoms with Crippen LogP contribution < -0.4 is 0 Å². The van der Waals surface area contributed by atoms with E-state index in [1.54, 1.807) is 4.90 Å². The third kappa shape index (κ3) is 4.36. The molecule has 1 unspecified atom stereocenters. The van der Waals surface area contributed by atoms with Crippen molar-refractivity contribution >= 4 is 11.9 Å². The molecule has 17 heavy (non-hydrogen) atoms. The number of nitrogens with zero attached hydrogens (tertiary/aromatic N) is 1. The summed E-state index contributed by atoms with van der Waals surface area (Å²) in [5.74, 6) is -1.21. The highest BCUT2D eigenvalue weighted by Crippen LogP contribution is 2.29. The molecule has 1 amide bonds. The van der Waals surface area contributed by atoms with Crippen molar-refractivity contribution < 1.29 is 14.7 Å². The van der Waals surface area contributed by atoms with E-state index < -0.39 is 17.3 Å². The summed E-state index contributed by atoms with van der Waals surface area (Å²) in [4.78, 5) is 25.0. The summed E-state index contributed by atoms with van der Waals surface area (Å²) in [6.07, 6.45) is 0.957. The zero-order valence-electron chi connectivity index (χ0n) is 11.6. The second-order valence-corrected chi connectivity index (χ2v) is 5.01. The minimum Gasteiger partial charge on any atom is -0.481 e. The maximum atomic E-state index is 12.2. The molecule has 0 aromatic rings. The van der Waals surface area contributed by atoms with Gasteiger partial charge in [0, 0.05) is 18.5 Å². The number of carbonyl (C=O) groups is 2. The van der Waals surface area contributed by atoms with Gasteiger partial charge in [0.05, 0.1) is 5.92 Å². The third-order valence-electron chi connectivity index (χ3n) is 3.23. The van der Waals surface area contributed by atoms with Crippen molar-refractivity contribution in [3.8, 4) is 0 Å². The molecule has 0 spiro atoms. The summed E-state index contributed by atoms with van der Waals surface area (Å²) in [6.45, 7) is 10.7. The van der Waals surface area contributed by atoms with Gasteiger partial charge >= 0.3 is 5.97 Å². The molecule has 0 aliphatic heterocycles. The fourth-order valence-electron chi connectivity index (χ4n) is 2.05. The van der Waals surface area contributed by atoms with E-state index in [1.807, 2.05) is 34.6 Å². The van der Waals surface area contributed by atoms with Crippen LogP contribution in [0.1, 0.15) is 47.5 Å². The molecule has 4 nitrogen and oxygen atoms in total. The first-order valence-corrected chi connectivity index (χ1v) is 6.32. The highest BCUT2D eigenvalue weighted by Gasteiger charge is 2.35. The van der Waals surface area contributed by atoms with Crippen LogP contribution in [0.25, 0.3) is 0 Å². The van der Waals surface area contributed by atoms with Crippen LogP contribution >= 0.6 is 0 Å². The largest absolute Gasteiger partial charge is 0.481 e. The average molecular weight is 243 g/mol. The van der Waals surface area contributed by atoms with E-state index in [0.29, 0.717) is 25.9 Å². The van der Waals surface area contributed by atoms with E-state index in [1.165, 1.54) is 0 Å². The second-order valence-electron chi connectivity index (χ2n) is 5.01. The third-order valence-corrected chi connectivity index (χ3v) is 3.23. The van der Waals surface area contributed by atoms with Crippen molar-refractivity contribution in [3.63, 3.8) is 0 Å². The van der Waals surface area contributed by atoms with Crippen LogP contribution in [-0.2, 0) is 9.59 Å². The van der Waals surface area contributed by atoms with Crippen LogP contribution in [-0.4, -0.2) is 35.0 Å². The zero-order chi connectivity index (χ0) is 13.6. The van der Waals surface area contributed by atoms with Crippen LogP contribution in [0, 0.1) is 11.3 Å². The predicted octanol–water partition coefficient (Wildman–Crippen LogP) is 2.38. The summed E-state index contributed by atoms with van der Waals surface area (Å²) in [5, 5.41) is 9.05. The Labute approximate surface area is 104 Å². The lowest BCUT2D eigenvalue weighted by atomic mass is 9.80. The first-order chi connectivity index (χ1) is 7.80. The lowest BCUT2D eigenvalue weighted by Gasteiger charge is -2.32. The van der Waals surface area contributed by atoms with Crippen LogP contribution in [0.15, 0.2) is 0 Å². The Morgan fingerprint density at radius 1 is 1.18 bits per heavy atom. The lowest BCUT2D eigenvalue weighted by molar-refractivity contribution is -0.146. The molecular formula is C13H25NO3. The van der Waals surface area contributed by atoms with Crippen molar-refractivity contribution in [2.75, 3.05) is 13.1 Å². The molecule has 0 aromatic carbocycles. The zero-order valence-corrected chi connectivity index (χ0v) is 11.6. The Morgan fingerprint density at radius 2 is 1.65 bits per heavy atom. The Morgan fingerprint density at radius 3 is 1.94 bits per heavy atom. The summed E-state index contributed by atoms with van der Waals surface area (Å²) >= 11 is 0. The van der Waals surface area contributed by atoms with Gasteiger partial charge in [0.1, 0.15) is 0 Å². The van der Waals surface area contributed by atoms with Gasteiger partial charge in [0.2, 0.25) is 5.91 Å². The molecular weight excluding hydrogens is 218 g/mol. The van der Waals surface area contributed by atoms with Crippen LogP contribution in [0.3, 0.4) is 0 Å². The quantitative estimate of drug-likeness (QED) is 0.747. The first-order valence-electron chi connectivity index (χ1n) is 6.32. The van der Waals surface area contributed by atoms with E-state index >= 15 is 0 Å². The molecule has 0 bridgehead atoms. The number of hydrogen-bond donors (Lipinski definition) is 1. The van der Waals surface area contributed by atoms with E-state index in [4.69, 9.17) is 5.11 Å². The molecule has 100 valence electrons. The van der Waals surface area contributed by atoms with E-state index in [9.17, 15) is 9.59 Å². The molecule has 0 rings (SSSR count). The number of carboxylic acid groups (broad SMARTS) is 1. The first kappa shape index (κ1) is 15.9. The smallest absolute Gasteiger partial charge is 0.306 e. The highest BCUT2D eigenvalue weighted by molar-refractivity contribution is 5.82. The molecule has 0 saturated carbocycles. The normalized spacial score (nSPS) is 13.2. The molecule has 0 aromatic heterocycles. The summed E-state index contributed by atoms with van der Waals surface area (Å²) in [5.41, 5.74) is -0.606. The maximum absolute atomic E-state index is 12.2. The monoisotopic (exact) mass is 243 g/mol. The Bertz CT molecular complexity index is 270. The summed E-state index contributed by atoms with van der Waals surface area (Å²) in [6, 6.07) is 0. The molecule has 0 aliphatic rings. The molecule has 1 N–H and O–H groups in total. The fourth-order valence-corrected chi connectivity index (χ4v) is 2.05. The fraction of sp³-hybridized carbons (Fsp3) is 0.846. The van der Waals surface area contributed by atoms with Crippen LogP contribution in [0.2, 0.25) is 0 Å². The molecule has 0 saturated heterocycles. The minimum atomic E-state index is -0.812. The lowest BCUT2D eigenvalue weighted by Crippen LogP contribution is -2.42. The van der Waals surface area contributed by atoms with Gasteiger partial charge in [-0.3, -0.25) is 9.59 Å². The number of aliphatic carboxylic acids is 1. The number of carbonyl (C=O) groups excluding carboxylic acids is 1. The molecule has 0 radical (unpaired) electrons. The van der Waals surface area contributed by atoms with Crippen molar-refractivity contribution in [1.82, 2.24) is 4.90 Å². The predicted molar refractivity (Wildman–Crippen MR) is 67.7 cm³/mol. The molecule has 1 atom stereocenters. The van der Waals surface area contributed by atoms with Gasteiger partial charge in [0.25, 0.3) is 0 Å². The van der Waals surface area contributed by atoms with E-state index in [-0.39, 0.29) is 5.91 Å². The van der Waals surface area contributed by atoms with Gasteiger partial charge in [-0.25, -0.2) is 0 Å². The minimum absolute atomic E-state index is 0.0437. The number of amides is 1. The second kappa shape index (κ2) is 6.62. The Kier molecular flexibility index (Phi) is 6.21. The van der Waals surface area contributed by atoms with Gasteiger partial charge < -0.3 is 10.0 Å². The van der Waals surface area contributed by atoms with Gasteiger partial charge in [-0.1, -0.05) is 20.8 Å². The maximum Gasteiger partial charge on any atom is 0.306 e. The molecule has 0 fully saturated rings. The summed E-state index contributed by atoms with van der Waals surface area (Å²) in [7, 11) is 0. The Balaban J connectivity index is 4.76. The van der Waals surface area contributed by atoms with Crippen molar-refractivity contribution in [3.05, 3.63) is 0 Å². The van der Waals surface area contributed by atoms with Gasteiger partial charge in [0.15, 0.2) is 0 Å². The van der Waals surface area contributed by atoms with Gasteiger partial charge in [-0.2, -0.15) is 0 Å². The SMILES string of the molecule is CCC(CC(C)(C)C(=O)N(CC)CC)C(=O)O. The average Bonchev–Trinajstić information content (AvgIpc) is 2.27. The van der Waals surface area contributed by atoms with E-state index in [0.717, 1.165) is 0 Å². The van der Waals surface area contributed by atoms with Gasteiger partial charge in [-0.05, 0) is 26.7 Å². The summed E-state index contributed by atoms with van der Waals surface area (Å²) < 4.78 is 0.